The first-order valence-electron chi connectivity index (χ1n) is 9.50. The number of ether oxygens (including phenoxy) is 2. The van der Waals surface area contributed by atoms with Crippen LogP contribution in [0.1, 0.15) is 27.2 Å². The van der Waals surface area contributed by atoms with Crippen LogP contribution in [-0.2, 0) is 23.1 Å². The van der Waals surface area contributed by atoms with Crippen molar-refractivity contribution in [3.8, 4) is 11.5 Å². The molecule has 0 atom stereocenters. The number of aromatic nitrogens is 2. The molecule has 9 nitrogen and oxygen atoms in total. The number of anilines is 1. The smallest absolute Gasteiger partial charge is 0.260 e. The summed E-state index contributed by atoms with van der Waals surface area (Å²) in [7, 11) is -0.709. The highest BCUT2D eigenvalue weighted by atomic mass is 32.2. The predicted molar refractivity (Wildman–Crippen MR) is 114 cm³/mol. The number of benzene rings is 2. The third-order valence-electron chi connectivity index (χ3n) is 5.22. The first-order chi connectivity index (χ1) is 14.8. The van der Waals surface area contributed by atoms with Crippen LogP contribution in [0.4, 0.5) is 5.82 Å². The van der Waals surface area contributed by atoms with Gasteiger partial charge in [-0.05, 0) is 36.8 Å². The van der Waals surface area contributed by atoms with Gasteiger partial charge in [0.05, 0.1) is 36.9 Å². The van der Waals surface area contributed by atoms with Crippen LogP contribution >= 0.6 is 0 Å². The molecule has 162 valence electrons. The molecule has 1 aromatic heterocycles. The van der Waals surface area contributed by atoms with Gasteiger partial charge >= 0.3 is 0 Å². The maximum atomic E-state index is 13.1. The number of H-pyrrole nitrogens is 1. The van der Waals surface area contributed by atoms with Crippen LogP contribution in [0.15, 0.2) is 47.4 Å². The van der Waals surface area contributed by atoms with Crippen LogP contribution in [0.3, 0.4) is 0 Å². The Labute approximate surface area is 180 Å². The third-order valence-corrected chi connectivity index (χ3v) is 7.17. The zero-order valence-electron chi connectivity index (χ0n) is 17.3. The van der Waals surface area contributed by atoms with E-state index < -0.39 is 15.9 Å². The molecule has 2 aromatic carbocycles. The average molecular weight is 442 g/mol. The highest BCUT2D eigenvalue weighted by molar-refractivity contribution is 7.89. The van der Waals surface area contributed by atoms with Crippen LogP contribution in [0.25, 0.3) is 0 Å². The van der Waals surface area contributed by atoms with Crippen molar-refractivity contribution in [1.82, 2.24) is 14.5 Å². The van der Waals surface area contributed by atoms with Crippen molar-refractivity contribution in [3.63, 3.8) is 0 Å². The third kappa shape index (κ3) is 3.75. The van der Waals surface area contributed by atoms with Crippen LogP contribution < -0.4 is 14.8 Å². The predicted octanol–water partition coefficient (Wildman–Crippen LogP) is 2.69. The summed E-state index contributed by atoms with van der Waals surface area (Å²) in [6, 6.07) is 11.7. The summed E-state index contributed by atoms with van der Waals surface area (Å²) >= 11 is 0. The molecule has 3 aromatic rings. The maximum absolute atomic E-state index is 13.1. The number of carbonyl (C=O) groups excluding carboxylic acids is 1. The van der Waals surface area contributed by atoms with Crippen molar-refractivity contribution in [3.05, 3.63) is 64.8 Å². The first kappa shape index (κ1) is 20.9. The Morgan fingerprint density at radius 1 is 1.13 bits per heavy atom. The fraction of sp³-hybridized carbons (Fsp3) is 0.238. The molecule has 2 N–H and O–H groups in total. The van der Waals surface area contributed by atoms with Crippen molar-refractivity contribution in [2.24, 2.45) is 0 Å². The number of nitrogens with zero attached hydrogens (tertiary/aromatic N) is 2. The molecule has 1 aliphatic rings. The minimum absolute atomic E-state index is 0.105. The normalized spacial score (nSPS) is 13.6. The zero-order valence-corrected chi connectivity index (χ0v) is 18.1. The first-order valence-corrected chi connectivity index (χ1v) is 10.9. The second kappa shape index (κ2) is 8.05. The Morgan fingerprint density at radius 3 is 2.61 bits per heavy atom. The van der Waals surface area contributed by atoms with Gasteiger partial charge in [-0.3, -0.25) is 9.89 Å². The van der Waals surface area contributed by atoms with Crippen molar-refractivity contribution in [1.29, 1.82) is 0 Å². The van der Waals surface area contributed by atoms with E-state index in [2.05, 4.69) is 15.5 Å². The lowest BCUT2D eigenvalue weighted by Crippen LogP contribution is -2.27. The Kier molecular flexibility index (Phi) is 5.42. The Bertz CT molecular complexity index is 1250. The van der Waals surface area contributed by atoms with E-state index in [1.807, 2.05) is 0 Å². The summed E-state index contributed by atoms with van der Waals surface area (Å²) in [4.78, 5) is 13.1. The van der Waals surface area contributed by atoms with Gasteiger partial charge in [-0.2, -0.15) is 9.40 Å². The molecule has 4 rings (SSSR count). The molecule has 2 heterocycles. The highest BCUT2D eigenvalue weighted by Crippen LogP contribution is 2.33. The van der Waals surface area contributed by atoms with E-state index >= 15 is 0 Å². The molecule has 1 aliphatic heterocycles. The number of nitrogens with one attached hydrogen (secondary N) is 2. The lowest BCUT2D eigenvalue weighted by atomic mass is 10.1. The quantitative estimate of drug-likeness (QED) is 0.607. The SMILES string of the molecule is COc1ccc(OC)c(C(=O)Nc2n[nH]c3c2CN(S(=O)(=O)c2ccccc2C)C3)c1. The van der Waals surface area contributed by atoms with Gasteiger partial charge in [-0.25, -0.2) is 8.42 Å². The van der Waals surface area contributed by atoms with Gasteiger partial charge in [0.25, 0.3) is 5.91 Å². The topological polar surface area (TPSA) is 114 Å². The number of methoxy groups -OCH3 is 2. The molecule has 1 amide bonds. The number of aromatic amines is 1. The van der Waals surface area contributed by atoms with Gasteiger partial charge < -0.3 is 14.8 Å². The molecule has 0 aliphatic carbocycles. The summed E-state index contributed by atoms with van der Waals surface area (Å²) in [5.74, 6) is 0.737. The minimum Gasteiger partial charge on any atom is -0.497 e. The molecule has 0 saturated heterocycles. The standard InChI is InChI=1S/C21H22N4O5S/c1-13-6-4-5-7-19(13)31(27,28)25-11-16-17(12-25)23-24-20(16)22-21(26)15-10-14(29-2)8-9-18(15)30-3/h4-10H,11-12H2,1-3H3,(H2,22,23,24,26). The van der Waals surface area contributed by atoms with Gasteiger partial charge in [0, 0.05) is 12.1 Å². The average Bonchev–Trinajstić information content (AvgIpc) is 3.36. The molecule has 0 bridgehead atoms. The van der Waals surface area contributed by atoms with E-state index in [4.69, 9.17) is 9.47 Å². The van der Waals surface area contributed by atoms with E-state index in [0.29, 0.717) is 28.3 Å². The molecule has 0 spiro atoms. The molecular formula is C21H22N4O5S. The van der Waals surface area contributed by atoms with Crippen LogP contribution in [0, 0.1) is 6.92 Å². The summed E-state index contributed by atoms with van der Waals surface area (Å²) in [5.41, 5.74) is 2.23. The highest BCUT2D eigenvalue weighted by Gasteiger charge is 2.35. The van der Waals surface area contributed by atoms with E-state index in [-0.39, 0.29) is 29.4 Å². The number of hydrogen-bond acceptors (Lipinski definition) is 6. The summed E-state index contributed by atoms with van der Waals surface area (Å²) in [5, 5.41) is 9.74. The molecular weight excluding hydrogens is 420 g/mol. The number of carbonyl (C=O) groups is 1. The van der Waals surface area contributed by atoms with Crippen molar-refractivity contribution in [2.75, 3.05) is 19.5 Å². The lowest BCUT2D eigenvalue weighted by molar-refractivity contribution is 0.102. The van der Waals surface area contributed by atoms with Crippen molar-refractivity contribution < 1.29 is 22.7 Å². The van der Waals surface area contributed by atoms with Gasteiger partial charge in [0.1, 0.15) is 11.5 Å². The molecule has 0 fully saturated rings. The van der Waals surface area contributed by atoms with E-state index in [0.717, 1.165) is 0 Å². The summed E-state index contributed by atoms with van der Waals surface area (Å²) < 4.78 is 38.0. The number of sulfonamides is 1. The largest absolute Gasteiger partial charge is 0.497 e. The minimum atomic E-state index is -3.69. The van der Waals surface area contributed by atoms with E-state index in [1.54, 1.807) is 49.4 Å². The van der Waals surface area contributed by atoms with Crippen LogP contribution in [0.5, 0.6) is 11.5 Å². The van der Waals surface area contributed by atoms with Gasteiger partial charge in [-0.1, -0.05) is 18.2 Å². The lowest BCUT2D eigenvalue weighted by Gasteiger charge is -2.17. The monoisotopic (exact) mass is 442 g/mol. The molecule has 0 unspecified atom stereocenters. The number of fused-ring (bicyclic) bond motifs is 1. The van der Waals surface area contributed by atoms with Gasteiger partial charge in [0.2, 0.25) is 10.0 Å². The molecule has 10 heteroatoms. The second-order valence-corrected chi connectivity index (χ2v) is 8.99. The van der Waals surface area contributed by atoms with E-state index in [1.165, 1.54) is 18.5 Å². The zero-order chi connectivity index (χ0) is 22.2. The fourth-order valence-electron chi connectivity index (χ4n) is 3.54. The maximum Gasteiger partial charge on any atom is 0.260 e. The summed E-state index contributed by atoms with van der Waals surface area (Å²) in [6.07, 6.45) is 0. The van der Waals surface area contributed by atoms with Gasteiger partial charge in [0.15, 0.2) is 5.82 Å². The second-order valence-electron chi connectivity index (χ2n) is 7.09. The van der Waals surface area contributed by atoms with Crippen LogP contribution in [-0.4, -0.2) is 43.0 Å². The van der Waals surface area contributed by atoms with E-state index in [9.17, 15) is 13.2 Å². The fourth-order valence-corrected chi connectivity index (χ4v) is 5.14. The van der Waals surface area contributed by atoms with Crippen LogP contribution in [0.2, 0.25) is 0 Å². The molecule has 0 radical (unpaired) electrons. The molecule has 0 saturated carbocycles. The van der Waals surface area contributed by atoms with Crippen molar-refractivity contribution in [2.45, 2.75) is 24.9 Å². The number of rotatable bonds is 6. The van der Waals surface area contributed by atoms with Crippen molar-refractivity contribution >= 4 is 21.7 Å². The number of amides is 1. The van der Waals surface area contributed by atoms with Gasteiger partial charge in [-0.15, -0.1) is 0 Å². The number of hydrogen-bond donors (Lipinski definition) is 2. The number of aryl methyl sites for hydroxylation is 1. The Balaban J connectivity index is 1.58. The summed E-state index contributed by atoms with van der Waals surface area (Å²) in [6.45, 7) is 2.02. The Hall–Kier alpha value is -3.37. The Morgan fingerprint density at radius 2 is 1.90 bits per heavy atom. The molecule has 31 heavy (non-hydrogen) atoms.